The van der Waals surface area contributed by atoms with Crippen LogP contribution in [0.15, 0.2) is 45.3 Å². The second kappa shape index (κ2) is 6.41. The molecule has 2 rings (SSSR count). The molecule has 0 N–H and O–H groups in total. The van der Waals surface area contributed by atoms with Crippen LogP contribution in [0.4, 0.5) is 0 Å². The van der Waals surface area contributed by atoms with E-state index in [4.69, 9.17) is 9.47 Å². The highest BCUT2D eigenvalue weighted by atomic mass is 79.9. The Labute approximate surface area is 134 Å². The lowest BCUT2D eigenvalue weighted by atomic mass is 10.0. The molecule has 0 fully saturated rings. The molecule has 2 aromatic rings. The largest absolute Gasteiger partial charge is 0.497 e. The Balaban J connectivity index is 2.50. The molecule has 0 radical (unpaired) electrons. The van der Waals surface area contributed by atoms with Crippen LogP contribution in [0.3, 0.4) is 0 Å². The maximum Gasteiger partial charge on any atom is 0.197 e. The second-order valence-electron chi connectivity index (χ2n) is 4.02. The molecule has 0 heterocycles. The second-order valence-corrected chi connectivity index (χ2v) is 5.79. The van der Waals surface area contributed by atoms with Gasteiger partial charge in [0.15, 0.2) is 5.78 Å². The van der Waals surface area contributed by atoms with Gasteiger partial charge in [0, 0.05) is 20.6 Å². The van der Waals surface area contributed by atoms with E-state index < -0.39 is 0 Å². The normalized spacial score (nSPS) is 10.2. The average molecular weight is 400 g/mol. The van der Waals surface area contributed by atoms with Crippen molar-refractivity contribution in [3.8, 4) is 11.5 Å². The molecule has 2 aromatic carbocycles. The van der Waals surface area contributed by atoms with Crippen molar-refractivity contribution in [3.05, 3.63) is 56.5 Å². The summed E-state index contributed by atoms with van der Waals surface area (Å²) in [4.78, 5) is 12.6. The fourth-order valence-electron chi connectivity index (χ4n) is 1.80. The van der Waals surface area contributed by atoms with Crippen LogP contribution in [0.25, 0.3) is 0 Å². The fraction of sp³-hybridized carbons (Fsp3) is 0.133. The first-order chi connectivity index (χ1) is 9.56. The van der Waals surface area contributed by atoms with Crippen LogP contribution in [0, 0.1) is 0 Å². The van der Waals surface area contributed by atoms with E-state index in [1.165, 1.54) is 7.11 Å². The minimum Gasteiger partial charge on any atom is -0.497 e. The molecule has 5 heteroatoms. The summed E-state index contributed by atoms with van der Waals surface area (Å²) in [5.74, 6) is 1.02. The lowest BCUT2D eigenvalue weighted by Gasteiger charge is -2.10. The zero-order valence-electron chi connectivity index (χ0n) is 10.9. The van der Waals surface area contributed by atoms with Gasteiger partial charge in [0.05, 0.1) is 19.8 Å². The number of hydrogen-bond donors (Lipinski definition) is 0. The standard InChI is InChI=1S/C15H12Br2O3/c1-19-10-4-5-11(14(8-10)20-2)15(18)12-7-9(16)3-6-13(12)17/h3-8H,1-2H3. The van der Waals surface area contributed by atoms with Crippen molar-refractivity contribution in [2.45, 2.75) is 0 Å². The van der Waals surface area contributed by atoms with Crippen molar-refractivity contribution < 1.29 is 14.3 Å². The van der Waals surface area contributed by atoms with Crippen LogP contribution in [0.5, 0.6) is 11.5 Å². The lowest BCUT2D eigenvalue weighted by Crippen LogP contribution is -2.05. The quantitative estimate of drug-likeness (QED) is 0.712. The van der Waals surface area contributed by atoms with Gasteiger partial charge in [0.2, 0.25) is 0 Å². The van der Waals surface area contributed by atoms with Gasteiger partial charge in [-0.2, -0.15) is 0 Å². The van der Waals surface area contributed by atoms with E-state index in [1.54, 1.807) is 31.4 Å². The molecule has 0 bridgehead atoms. The van der Waals surface area contributed by atoms with Crippen molar-refractivity contribution in [2.24, 2.45) is 0 Å². The molecule has 0 aliphatic carbocycles. The predicted octanol–water partition coefficient (Wildman–Crippen LogP) is 4.46. The number of halogens is 2. The summed E-state index contributed by atoms with van der Waals surface area (Å²) in [5.41, 5.74) is 1.06. The van der Waals surface area contributed by atoms with E-state index in [2.05, 4.69) is 31.9 Å². The van der Waals surface area contributed by atoms with Crippen LogP contribution in [0.1, 0.15) is 15.9 Å². The van der Waals surface area contributed by atoms with Gasteiger partial charge in [-0.05, 0) is 30.3 Å². The summed E-state index contributed by atoms with van der Waals surface area (Å²) in [6, 6.07) is 10.6. The van der Waals surface area contributed by atoms with Gasteiger partial charge in [0.1, 0.15) is 11.5 Å². The van der Waals surface area contributed by atoms with Gasteiger partial charge in [0.25, 0.3) is 0 Å². The third kappa shape index (κ3) is 3.04. The van der Waals surface area contributed by atoms with E-state index in [-0.39, 0.29) is 5.78 Å². The average Bonchev–Trinajstić information content (AvgIpc) is 2.48. The molecule has 20 heavy (non-hydrogen) atoms. The maximum absolute atomic E-state index is 12.6. The monoisotopic (exact) mass is 398 g/mol. The van der Waals surface area contributed by atoms with Gasteiger partial charge in [-0.15, -0.1) is 0 Å². The van der Waals surface area contributed by atoms with Crippen LogP contribution >= 0.6 is 31.9 Å². The molecule has 0 amide bonds. The Morgan fingerprint density at radius 2 is 1.70 bits per heavy atom. The first-order valence-electron chi connectivity index (χ1n) is 5.78. The van der Waals surface area contributed by atoms with Gasteiger partial charge in [-0.3, -0.25) is 4.79 Å². The zero-order valence-corrected chi connectivity index (χ0v) is 14.1. The van der Waals surface area contributed by atoms with Gasteiger partial charge >= 0.3 is 0 Å². The highest BCUT2D eigenvalue weighted by Crippen LogP contribution is 2.30. The van der Waals surface area contributed by atoms with E-state index >= 15 is 0 Å². The smallest absolute Gasteiger partial charge is 0.197 e. The molecule has 0 aromatic heterocycles. The molecule has 3 nitrogen and oxygen atoms in total. The van der Waals surface area contributed by atoms with E-state index in [0.29, 0.717) is 22.6 Å². The SMILES string of the molecule is COc1ccc(C(=O)c2cc(Br)ccc2Br)c(OC)c1. The summed E-state index contributed by atoms with van der Waals surface area (Å²) in [5, 5.41) is 0. The zero-order chi connectivity index (χ0) is 14.7. The summed E-state index contributed by atoms with van der Waals surface area (Å²) in [7, 11) is 3.10. The van der Waals surface area contributed by atoms with Crippen LogP contribution in [-0.2, 0) is 0 Å². The number of methoxy groups -OCH3 is 2. The number of hydrogen-bond acceptors (Lipinski definition) is 3. The molecule has 0 spiro atoms. The van der Waals surface area contributed by atoms with Gasteiger partial charge in [-0.25, -0.2) is 0 Å². The van der Waals surface area contributed by atoms with Crippen LogP contribution in [-0.4, -0.2) is 20.0 Å². The van der Waals surface area contributed by atoms with Crippen LogP contribution in [0.2, 0.25) is 0 Å². The Morgan fingerprint density at radius 1 is 0.950 bits per heavy atom. The van der Waals surface area contributed by atoms with E-state index in [1.807, 2.05) is 12.1 Å². The Bertz CT molecular complexity index is 654. The number of carbonyl (C=O) groups excluding carboxylic acids is 1. The Morgan fingerprint density at radius 3 is 2.35 bits per heavy atom. The summed E-state index contributed by atoms with van der Waals surface area (Å²) >= 11 is 6.77. The number of ether oxygens (including phenoxy) is 2. The fourth-order valence-corrected chi connectivity index (χ4v) is 2.59. The van der Waals surface area contributed by atoms with E-state index in [0.717, 1.165) is 8.95 Å². The topological polar surface area (TPSA) is 35.5 Å². The van der Waals surface area contributed by atoms with Crippen molar-refractivity contribution in [3.63, 3.8) is 0 Å². The van der Waals surface area contributed by atoms with Crippen LogP contribution < -0.4 is 9.47 Å². The minimum atomic E-state index is -0.113. The number of rotatable bonds is 4. The highest BCUT2D eigenvalue weighted by molar-refractivity contribution is 9.11. The number of ketones is 1. The van der Waals surface area contributed by atoms with Crippen molar-refractivity contribution in [2.75, 3.05) is 14.2 Å². The summed E-state index contributed by atoms with van der Waals surface area (Å²) in [6.07, 6.45) is 0. The number of carbonyl (C=O) groups is 1. The van der Waals surface area contributed by atoms with E-state index in [9.17, 15) is 4.79 Å². The molecular formula is C15H12Br2O3. The lowest BCUT2D eigenvalue weighted by molar-refractivity contribution is 0.103. The first-order valence-corrected chi connectivity index (χ1v) is 7.37. The van der Waals surface area contributed by atoms with Crippen molar-refractivity contribution in [1.82, 2.24) is 0 Å². The summed E-state index contributed by atoms with van der Waals surface area (Å²) < 4.78 is 12.0. The maximum atomic E-state index is 12.6. The molecule has 0 saturated carbocycles. The van der Waals surface area contributed by atoms with Crippen molar-refractivity contribution in [1.29, 1.82) is 0 Å². The van der Waals surface area contributed by atoms with Gasteiger partial charge in [-0.1, -0.05) is 31.9 Å². The minimum absolute atomic E-state index is 0.113. The molecule has 0 aliphatic rings. The van der Waals surface area contributed by atoms with Gasteiger partial charge < -0.3 is 9.47 Å². The Hall–Kier alpha value is -1.33. The number of benzene rings is 2. The first kappa shape index (κ1) is 15.1. The third-order valence-electron chi connectivity index (χ3n) is 2.83. The Kier molecular flexibility index (Phi) is 4.83. The molecular weight excluding hydrogens is 388 g/mol. The molecule has 0 saturated heterocycles. The van der Waals surface area contributed by atoms with Crippen molar-refractivity contribution >= 4 is 37.6 Å². The molecule has 0 atom stereocenters. The predicted molar refractivity (Wildman–Crippen MR) is 84.8 cm³/mol. The molecule has 0 aliphatic heterocycles. The molecule has 104 valence electrons. The highest BCUT2D eigenvalue weighted by Gasteiger charge is 2.18. The third-order valence-corrected chi connectivity index (χ3v) is 4.01. The molecule has 0 unspecified atom stereocenters. The summed E-state index contributed by atoms with van der Waals surface area (Å²) in [6.45, 7) is 0.